The number of anilines is 1. The first-order valence-corrected chi connectivity index (χ1v) is 6.21. The molecule has 18 heavy (non-hydrogen) atoms. The van der Waals surface area contributed by atoms with Gasteiger partial charge in [0.05, 0.1) is 0 Å². The lowest BCUT2D eigenvalue weighted by Crippen LogP contribution is -2.33. The van der Waals surface area contributed by atoms with Crippen LogP contribution in [0.3, 0.4) is 0 Å². The molecule has 1 fully saturated rings. The van der Waals surface area contributed by atoms with E-state index in [-0.39, 0.29) is 11.7 Å². The highest BCUT2D eigenvalue weighted by molar-refractivity contribution is 5.85. The molecule has 1 unspecified atom stereocenters. The van der Waals surface area contributed by atoms with Gasteiger partial charge in [0, 0.05) is 12.6 Å². The van der Waals surface area contributed by atoms with Gasteiger partial charge in [-0.3, -0.25) is 0 Å². The van der Waals surface area contributed by atoms with E-state index < -0.39 is 5.97 Å². The van der Waals surface area contributed by atoms with Gasteiger partial charge in [-0.25, -0.2) is 4.79 Å². The molecule has 0 amide bonds. The molecular weight excluding hydrogens is 232 g/mol. The van der Waals surface area contributed by atoms with Gasteiger partial charge in [0.25, 0.3) is 0 Å². The van der Waals surface area contributed by atoms with E-state index in [0.29, 0.717) is 5.82 Å². The van der Waals surface area contributed by atoms with Crippen molar-refractivity contribution in [3.05, 3.63) is 17.8 Å². The van der Waals surface area contributed by atoms with Crippen molar-refractivity contribution in [2.45, 2.75) is 25.8 Å². The lowest BCUT2D eigenvalue weighted by molar-refractivity contribution is 0.0689. The van der Waals surface area contributed by atoms with Crippen LogP contribution in [0.25, 0.3) is 0 Å². The van der Waals surface area contributed by atoms with Crippen LogP contribution in [0.2, 0.25) is 0 Å². The smallest absolute Gasteiger partial charge is 0.356 e. The molecule has 6 heteroatoms. The number of nitrogens with zero attached hydrogens (tertiary/aromatic N) is 3. The maximum atomic E-state index is 10.6. The Labute approximate surface area is 106 Å². The molecule has 0 saturated carbocycles. The van der Waals surface area contributed by atoms with Crippen molar-refractivity contribution in [3.63, 3.8) is 0 Å². The minimum Gasteiger partial charge on any atom is -0.476 e. The molecule has 2 rings (SSSR count). The first-order chi connectivity index (χ1) is 8.65. The molecule has 0 aromatic carbocycles. The van der Waals surface area contributed by atoms with E-state index in [1.54, 1.807) is 6.07 Å². The first-order valence-electron chi connectivity index (χ1n) is 6.21. The third kappa shape index (κ3) is 3.40. The summed E-state index contributed by atoms with van der Waals surface area (Å²) in [5.74, 6) is -0.439. The Morgan fingerprint density at radius 2 is 2.17 bits per heavy atom. The molecule has 1 aliphatic heterocycles. The van der Waals surface area contributed by atoms with Crippen molar-refractivity contribution < 1.29 is 9.90 Å². The summed E-state index contributed by atoms with van der Waals surface area (Å²) in [4.78, 5) is 13.0. The molecule has 1 atom stereocenters. The van der Waals surface area contributed by atoms with E-state index in [1.165, 1.54) is 18.9 Å². The monoisotopic (exact) mass is 250 g/mol. The zero-order valence-corrected chi connectivity index (χ0v) is 10.5. The molecule has 0 bridgehead atoms. The van der Waals surface area contributed by atoms with Gasteiger partial charge in [-0.15, -0.1) is 10.2 Å². The Balaban J connectivity index is 1.86. The highest BCUT2D eigenvalue weighted by Crippen LogP contribution is 2.10. The van der Waals surface area contributed by atoms with Gasteiger partial charge < -0.3 is 15.3 Å². The molecule has 6 nitrogen and oxygen atoms in total. The summed E-state index contributed by atoms with van der Waals surface area (Å²) < 4.78 is 0. The van der Waals surface area contributed by atoms with Crippen LogP contribution in [0.5, 0.6) is 0 Å². The molecule has 2 N–H and O–H groups in total. The van der Waals surface area contributed by atoms with Crippen LogP contribution in [0, 0.1) is 0 Å². The highest BCUT2D eigenvalue weighted by Gasteiger charge is 2.15. The number of aromatic nitrogens is 2. The van der Waals surface area contributed by atoms with Crippen LogP contribution >= 0.6 is 0 Å². The number of nitrogens with one attached hydrogen (secondary N) is 1. The SMILES string of the molecule is CC(CN1CCCC1)Nc1ccc(C(=O)O)nn1. The van der Waals surface area contributed by atoms with Gasteiger partial charge in [0.1, 0.15) is 5.82 Å². The fourth-order valence-corrected chi connectivity index (χ4v) is 2.17. The molecule has 1 aromatic heterocycles. The standard InChI is InChI=1S/C12H18N4O2/c1-9(8-16-6-2-3-7-16)13-11-5-4-10(12(17)18)14-15-11/h4-5,9H,2-3,6-8H2,1H3,(H,13,15)(H,17,18). The molecule has 1 aliphatic rings. The molecule has 0 radical (unpaired) electrons. The Kier molecular flexibility index (Phi) is 4.09. The average Bonchev–Trinajstić information content (AvgIpc) is 2.82. The normalized spacial score (nSPS) is 17.6. The second-order valence-corrected chi connectivity index (χ2v) is 4.66. The second-order valence-electron chi connectivity index (χ2n) is 4.66. The number of hydrogen-bond acceptors (Lipinski definition) is 5. The Hall–Kier alpha value is -1.69. The summed E-state index contributed by atoms with van der Waals surface area (Å²) in [6.07, 6.45) is 2.56. The van der Waals surface area contributed by atoms with Gasteiger partial charge >= 0.3 is 5.97 Å². The molecule has 1 aromatic rings. The highest BCUT2D eigenvalue weighted by atomic mass is 16.4. The topological polar surface area (TPSA) is 78.4 Å². The Morgan fingerprint density at radius 3 is 2.72 bits per heavy atom. The van der Waals surface area contributed by atoms with E-state index in [0.717, 1.165) is 19.6 Å². The van der Waals surface area contributed by atoms with E-state index >= 15 is 0 Å². The van der Waals surface area contributed by atoms with Crippen molar-refractivity contribution >= 4 is 11.8 Å². The van der Waals surface area contributed by atoms with Gasteiger partial charge in [0.15, 0.2) is 5.69 Å². The maximum Gasteiger partial charge on any atom is 0.356 e. The second kappa shape index (κ2) is 5.77. The quantitative estimate of drug-likeness (QED) is 0.814. The van der Waals surface area contributed by atoms with E-state index in [9.17, 15) is 4.79 Å². The van der Waals surface area contributed by atoms with Crippen molar-refractivity contribution in [2.75, 3.05) is 25.0 Å². The third-order valence-electron chi connectivity index (χ3n) is 3.01. The molecule has 98 valence electrons. The van der Waals surface area contributed by atoms with Crippen LogP contribution < -0.4 is 5.32 Å². The van der Waals surface area contributed by atoms with Crippen LogP contribution in [0.15, 0.2) is 12.1 Å². The summed E-state index contributed by atoms with van der Waals surface area (Å²) >= 11 is 0. The fraction of sp³-hybridized carbons (Fsp3) is 0.583. The average molecular weight is 250 g/mol. The van der Waals surface area contributed by atoms with Gasteiger partial charge in [-0.05, 0) is 45.0 Å². The van der Waals surface area contributed by atoms with Crippen molar-refractivity contribution in [1.82, 2.24) is 15.1 Å². The number of carboxylic acids is 1. The number of hydrogen-bond donors (Lipinski definition) is 2. The molecule has 1 saturated heterocycles. The summed E-state index contributed by atoms with van der Waals surface area (Å²) in [5, 5.41) is 19.4. The van der Waals surface area contributed by atoms with Gasteiger partial charge in [0.2, 0.25) is 0 Å². The number of likely N-dealkylation sites (tertiary alicyclic amines) is 1. The van der Waals surface area contributed by atoms with E-state index in [1.807, 2.05) is 0 Å². The molecule has 0 spiro atoms. The predicted octanol–water partition coefficient (Wildman–Crippen LogP) is 1.07. The lowest BCUT2D eigenvalue weighted by Gasteiger charge is -2.21. The zero-order valence-electron chi connectivity index (χ0n) is 10.5. The fourth-order valence-electron chi connectivity index (χ4n) is 2.17. The largest absolute Gasteiger partial charge is 0.476 e. The van der Waals surface area contributed by atoms with Crippen molar-refractivity contribution in [3.8, 4) is 0 Å². The van der Waals surface area contributed by atoms with Crippen molar-refractivity contribution in [1.29, 1.82) is 0 Å². The number of carbonyl (C=O) groups is 1. The summed E-state index contributed by atoms with van der Waals surface area (Å²) in [6.45, 7) is 5.39. The molecular formula is C12H18N4O2. The third-order valence-corrected chi connectivity index (χ3v) is 3.01. The Bertz CT molecular complexity index is 401. The minimum absolute atomic E-state index is 0.0345. The molecule has 0 aliphatic carbocycles. The zero-order chi connectivity index (χ0) is 13.0. The van der Waals surface area contributed by atoms with Crippen LogP contribution in [0.1, 0.15) is 30.3 Å². The van der Waals surface area contributed by atoms with Crippen LogP contribution in [-0.4, -0.2) is 51.8 Å². The maximum absolute atomic E-state index is 10.6. The van der Waals surface area contributed by atoms with E-state index in [2.05, 4.69) is 27.3 Å². The van der Waals surface area contributed by atoms with Crippen LogP contribution in [-0.2, 0) is 0 Å². The van der Waals surface area contributed by atoms with Crippen molar-refractivity contribution in [2.24, 2.45) is 0 Å². The molecule has 2 heterocycles. The van der Waals surface area contributed by atoms with Gasteiger partial charge in [-0.1, -0.05) is 0 Å². The number of rotatable bonds is 5. The lowest BCUT2D eigenvalue weighted by atomic mass is 10.3. The summed E-state index contributed by atoms with van der Waals surface area (Å²) in [5.41, 5.74) is -0.0345. The number of aromatic carboxylic acids is 1. The number of carboxylic acid groups (broad SMARTS) is 1. The minimum atomic E-state index is -1.06. The van der Waals surface area contributed by atoms with Crippen LogP contribution in [0.4, 0.5) is 5.82 Å². The summed E-state index contributed by atoms with van der Waals surface area (Å²) in [6, 6.07) is 3.38. The predicted molar refractivity (Wildman–Crippen MR) is 67.8 cm³/mol. The van der Waals surface area contributed by atoms with Gasteiger partial charge in [-0.2, -0.15) is 0 Å². The first kappa shape index (κ1) is 12.8. The summed E-state index contributed by atoms with van der Waals surface area (Å²) in [7, 11) is 0. The van der Waals surface area contributed by atoms with E-state index in [4.69, 9.17) is 5.11 Å². The Morgan fingerprint density at radius 1 is 1.44 bits per heavy atom.